The van der Waals surface area contributed by atoms with E-state index in [9.17, 15) is 4.79 Å². The molecule has 0 unspecified atom stereocenters. The van der Waals surface area contributed by atoms with Crippen LogP contribution in [-0.4, -0.2) is 27.9 Å². The lowest BCUT2D eigenvalue weighted by molar-refractivity contribution is -0.151. The van der Waals surface area contributed by atoms with Gasteiger partial charge in [0.1, 0.15) is 12.6 Å². The van der Waals surface area contributed by atoms with Gasteiger partial charge < -0.3 is 4.74 Å². The SMILES string of the molecule is CC(C)(C)c1cc(CN2[C@@H](C(=O)OCc3ccccc3)C[C@H]3C[C@H]32)ccn1. The molecule has 2 aromatic rings. The van der Waals surface area contributed by atoms with Crippen LogP contribution in [0.3, 0.4) is 0 Å². The Morgan fingerprint density at radius 3 is 2.67 bits per heavy atom. The molecule has 2 fully saturated rings. The summed E-state index contributed by atoms with van der Waals surface area (Å²) in [4.78, 5) is 19.6. The smallest absolute Gasteiger partial charge is 0.323 e. The minimum atomic E-state index is -0.122. The third kappa shape index (κ3) is 4.06. The van der Waals surface area contributed by atoms with Crippen molar-refractivity contribution in [2.24, 2.45) is 5.92 Å². The Morgan fingerprint density at radius 2 is 1.93 bits per heavy atom. The van der Waals surface area contributed by atoms with Crippen LogP contribution in [-0.2, 0) is 28.1 Å². The first-order chi connectivity index (χ1) is 12.9. The van der Waals surface area contributed by atoms with Gasteiger partial charge in [0.05, 0.1) is 0 Å². The lowest BCUT2D eigenvalue weighted by Crippen LogP contribution is -2.39. The molecule has 1 aliphatic carbocycles. The van der Waals surface area contributed by atoms with Gasteiger partial charge in [-0.15, -0.1) is 0 Å². The normalized spacial score (nSPS) is 24.5. The summed E-state index contributed by atoms with van der Waals surface area (Å²) in [6.45, 7) is 7.67. The molecule has 142 valence electrons. The summed E-state index contributed by atoms with van der Waals surface area (Å²) in [5.41, 5.74) is 3.37. The molecule has 4 nitrogen and oxygen atoms in total. The number of hydrogen-bond donors (Lipinski definition) is 0. The molecule has 0 radical (unpaired) electrons. The van der Waals surface area contributed by atoms with E-state index in [0.29, 0.717) is 18.6 Å². The Kier molecular flexibility index (Phi) is 4.77. The summed E-state index contributed by atoms with van der Waals surface area (Å²) in [5, 5.41) is 0. The number of piperidine rings is 1. The molecule has 0 amide bonds. The molecule has 4 rings (SSSR count). The zero-order chi connectivity index (χ0) is 19.0. The quantitative estimate of drug-likeness (QED) is 0.750. The molecule has 27 heavy (non-hydrogen) atoms. The molecule has 0 N–H and O–H groups in total. The molecule has 1 aromatic carbocycles. The van der Waals surface area contributed by atoms with Crippen LogP contribution in [0.1, 0.15) is 50.4 Å². The molecular weight excluding hydrogens is 336 g/mol. The van der Waals surface area contributed by atoms with E-state index in [-0.39, 0.29) is 17.4 Å². The Labute approximate surface area is 161 Å². The predicted molar refractivity (Wildman–Crippen MR) is 105 cm³/mol. The van der Waals surface area contributed by atoms with Gasteiger partial charge in [-0.2, -0.15) is 0 Å². The third-order valence-electron chi connectivity index (χ3n) is 5.69. The fourth-order valence-electron chi connectivity index (χ4n) is 4.02. The summed E-state index contributed by atoms with van der Waals surface area (Å²) in [6, 6.07) is 14.5. The monoisotopic (exact) mass is 364 g/mol. The lowest BCUT2D eigenvalue weighted by atomic mass is 9.91. The maximum atomic E-state index is 12.7. The summed E-state index contributed by atoms with van der Waals surface area (Å²) >= 11 is 0. The lowest BCUT2D eigenvalue weighted by Gasteiger charge is -2.26. The van der Waals surface area contributed by atoms with Gasteiger partial charge in [0.25, 0.3) is 0 Å². The number of benzene rings is 1. The molecule has 0 bridgehead atoms. The van der Waals surface area contributed by atoms with Crippen LogP contribution in [0.25, 0.3) is 0 Å². The summed E-state index contributed by atoms with van der Waals surface area (Å²) in [6.07, 6.45) is 4.02. The van der Waals surface area contributed by atoms with Crippen LogP contribution in [0.15, 0.2) is 48.7 Å². The minimum Gasteiger partial charge on any atom is -0.460 e. The Balaban J connectivity index is 1.43. The number of aromatic nitrogens is 1. The van der Waals surface area contributed by atoms with Crippen molar-refractivity contribution in [1.82, 2.24) is 9.88 Å². The maximum Gasteiger partial charge on any atom is 0.323 e. The van der Waals surface area contributed by atoms with Gasteiger partial charge in [0.15, 0.2) is 0 Å². The number of rotatable bonds is 5. The van der Waals surface area contributed by atoms with Gasteiger partial charge in [-0.3, -0.25) is 14.7 Å². The van der Waals surface area contributed by atoms with Gasteiger partial charge in [-0.1, -0.05) is 51.1 Å². The number of pyridine rings is 1. The van der Waals surface area contributed by atoms with E-state index < -0.39 is 0 Å². The van der Waals surface area contributed by atoms with Crippen LogP contribution in [0.4, 0.5) is 0 Å². The summed E-state index contributed by atoms with van der Waals surface area (Å²) < 4.78 is 5.63. The molecule has 2 heterocycles. The van der Waals surface area contributed by atoms with Crippen LogP contribution in [0.5, 0.6) is 0 Å². The Hall–Kier alpha value is -2.20. The molecule has 1 aromatic heterocycles. The summed E-state index contributed by atoms with van der Waals surface area (Å²) in [7, 11) is 0. The van der Waals surface area contributed by atoms with E-state index in [4.69, 9.17) is 4.74 Å². The Bertz CT molecular complexity index is 813. The van der Waals surface area contributed by atoms with E-state index in [2.05, 4.69) is 42.8 Å². The van der Waals surface area contributed by atoms with E-state index >= 15 is 0 Å². The molecule has 1 saturated carbocycles. The van der Waals surface area contributed by atoms with Crippen LogP contribution >= 0.6 is 0 Å². The number of ether oxygens (including phenoxy) is 1. The minimum absolute atomic E-state index is 0.0250. The fraction of sp³-hybridized carbons (Fsp3) is 0.478. The second-order valence-electron chi connectivity index (χ2n) is 8.88. The second-order valence-corrected chi connectivity index (χ2v) is 8.88. The molecule has 2 aliphatic rings. The highest BCUT2D eigenvalue weighted by Crippen LogP contribution is 2.48. The topological polar surface area (TPSA) is 42.4 Å². The highest BCUT2D eigenvalue weighted by molar-refractivity contribution is 5.76. The number of carbonyl (C=O) groups is 1. The van der Waals surface area contributed by atoms with Gasteiger partial charge in [0.2, 0.25) is 0 Å². The van der Waals surface area contributed by atoms with Crippen molar-refractivity contribution >= 4 is 5.97 Å². The number of hydrogen-bond acceptors (Lipinski definition) is 4. The van der Waals surface area contributed by atoms with E-state index in [0.717, 1.165) is 24.2 Å². The van der Waals surface area contributed by atoms with Gasteiger partial charge in [-0.05, 0) is 42.0 Å². The number of carbonyl (C=O) groups excluding carboxylic acids is 1. The molecule has 1 saturated heterocycles. The van der Waals surface area contributed by atoms with Crippen molar-refractivity contribution in [3.63, 3.8) is 0 Å². The second kappa shape index (κ2) is 7.08. The van der Waals surface area contributed by atoms with E-state index in [1.165, 1.54) is 12.0 Å². The van der Waals surface area contributed by atoms with Crippen molar-refractivity contribution in [2.45, 2.75) is 64.3 Å². The largest absolute Gasteiger partial charge is 0.460 e. The first-order valence-corrected chi connectivity index (χ1v) is 9.83. The van der Waals surface area contributed by atoms with E-state index in [1.54, 1.807) is 0 Å². The zero-order valence-corrected chi connectivity index (χ0v) is 16.4. The van der Waals surface area contributed by atoms with E-state index in [1.807, 2.05) is 36.5 Å². The van der Waals surface area contributed by atoms with Crippen molar-refractivity contribution in [3.05, 3.63) is 65.5 Å². The molecule has 4 heteroatoms. The average molecular weight is 364 g/mol. The zero-order valence-electron chi connectivity index (χ0n) is 16.4. The van der Waals surface area contributed by atoms with Crippen LogP contribution < -0.4 is 0 Å². The number of esters is 1. The molecule has 3 atom stereocenters. The van der Waals surface area contributed by atoms with Gasteiger partial charge in [-0.25, -0.2) is 0 Å². The molecule has 0 spiro atoms. The maximum absolute atomic E-state index is 12.7. The Morgan fingerprint density at radius 1 is 1.15 bits per heavy atom. The van der Waals surface area contributed by atoms with Crippen LogP contribution in [0, 0.1) is 5.92 Å². The fourth-order valence-corrected chi connectivity index (χ4v) is 4.02. The van der Waals surface area contributed by atoms with Gasteiger partial charge in [0, 0.05) is 29.9 Å². The number of likely N-dealkylation sites (tertiary alicyclic amines) is 1. The first-order valence-electron chi connectivity index (χ1n) is 9.83. The van der Waals surface area contributed by atoms with Crippen molar-refractivity contribution in [2.75, 3.05) is 0 Å². The summed E-state index contributed by atoms with van der Waals surface area (Å²) in [5.74, 6) is 0.569. The third-order valence-corrected chi connectivity index (χ3v) is 5.69. The van der Waals surface area contributed by atoms with Crippen LogP contribution in [0.2, 0.25) is 0 Å². The number of nitrogens with zero attached hydrogens (tertiary/aromatic N) is 2. The molecular formula is C23H28N2O2. The predicted octanol–water partition coefficient (Wildman–Crippen LogP) is 4.09. The van der Waals surface area contributed by atoms with Crippen molar-refractivity contribution in [3.8, 4) is 0 Å². The van der Waals surface area contributed by atoms with Gasteiger partial charge >= 0.3 is 5.97 Å². The first kappa shape index (κ1) is 18.2. The average Bonchev–Trinajstić information content (AvgIpc) is 3.34. The highest BCUT2D eigenvalue weighted by Gasteiger charge is 2.54. The highest BCUT2D eigenvalue weighted by atomic mass is 16.5. The standard InChI is InChI=1S/C23H28N2O2/c1-23(2,3)21-11-17(9-10-24-21)14-25-19-12-18(19)13-20(25)22(26)27-15-16-7-5-4-6-8-16/h4-11,18-20H,12-15H2,1-3H3/t18-,19-,20-/m1/s1. The van der Waals surface area contributed by atoms with Crippen molar-refractivity contribution < 1.29 is 9.53 Å². The number of fused-ring (bicyclic) bond motifs is 1. The van der Waals surface area contributed by atoms with Crippen molar-refractivity contribution in [1.29, 1.82) is 0 Å². The molecule has 1 aliphatic heterocycles.